The Labute approximate surface area is 167 Å². The summed E-state index contributed by atoms with van der Waals surface area (Å²) in [6, 6.07) is 16.7. The van der Waals surface area contributed by atoms with Gasteiger partial charge in [0.25, 0.3) is 5.91 Å². The average molecular weight is 383 g/mol. The highest BCUT2D eigenvalue weighted by atomic mass is 16.2. The number of nitrogens with one attached hydrogen (secondary N) is 1. The van der Waals surface area contributed by atoms with Gasteiger partial charge in [0.2, 0.25) is 0 Å². The Morgan fingerprint density at radius 2 is 1.50 bits per heavy atom. The Hall–Kier alpha value is -2.66. The van der Waals surface area contributed by atoms with Crippen LogP contribution >= 0.6 is 0 Å². The Bertz CT molecular complexity index is 793. The number of carbonyl (C=O) groups excluding carboxylic acids is 2. The van der Waals surface area contributed by atoms with Crippen LogP contribution in [0.3, 0.4) is 0 Å². The molecule has 3 amide bonds. The molecule has 0 heterocycles. The van der Waals surface area contributed by atoms with Gasteiger partial charge in [-0.2, -0.15) is 0 Å². The van der Waals surface area contributed by atoms with E-state index in [1.165, 1.54) is 5.56 Å². The Balaban J connectivity index is 2.35. The van der Waals surface area contributed by atoms with Crippen molar-refractivity contribution in [2.24, 2.45) is 11.7 Å². The zero-order valence-corrected chi connectivity index (χ0v) is 17.4. The average Bonchev–Trinajstić information content (AvgIpc) is 2.61. The number of quaternary nitrogens is 1. The minimum Gasteiger partial charge on any atom is -0.351 e. The van der Waals surface area contributed by atoms with Crippen molar-refractivity contribution in [1.82, 2.24) is 5.32 Å². The lowest BCUT2D eigenvalue weighted by Crippen LogP contribution is -2.89. The number of amides is 3. The fraction of sp³-hybridized carbons (Fsp3) is 0.391. The van der Waals surface area contributed by atoms with Crippen LogP contribution in [0.25, 0.3) is 0 Å². The molecule has 150 valence electrons. The van der Waals surface area contributed by atoms with Crippen LogP contribution < -0.4 is 16.4 Å². The van der Waals surface area contributed by atoms with Gasteiger partial charge in [-0.3, -0.25) is 10.1 Å². The number of primary amides is 1. The molecule has 5 nitrogen and oxygen atoms in total. The van der Waals surface area contributed by atoms with E-state index in [2.05, 4.69) is 64.2 Å². The van der Waals surface area contributed by atoms with Crippen LogP contribution in [-0.4, -0.2) is 11.9 Å². The number of urea groups is 1. The van der Waals surface area contributed by atoms with Crippen molar-refractivity contribution in [3.8, 4) is 0 Å². The third-order valence-electron chi connectivity index (χ3n) is 4.97. The summed E-state index contributed by atoms with van der Waals surface area (Å²) >= 11 is 0. The Kier molecular flexibility index (Phi) is 6.97. The number of hydrogen-bond donors (Lipinski definition) is 3. The smallest absolute Gasteiger partial charge is 0.319 e. The maximum atomic E-state index is 12.7. The van der Waals surface area contributed by atoms with E-state index in [1.807, 2.05) is 35.6 Å². The second kappa shape index (κ2) is 9.02. The quantitative estimate of drug-likeness (QED) is 0.716. The normalized spacial score (nSPS) is 13.8. The predicted octanol–water partition coefficient (Wildman–Crippen LogP) is 3.18. The van der Waals surface area contributed by atoms with Gasteiger partial charge in [-0.15, -0.1) is 0 Å². The molecule has 0 radical (unpaired) electrons. The molecular weight excluding hydrogens is 350 g/mol. The predicted molar refractivity (Wildman–Crippen MR) is 112 cm³/mol. The van der Waals surface area contributed by atoms with Crippen LogP contribution in [0.5, 0.6) is 0 Å². The van der Waals surface area contributed by atoms with Crippen molar-refractivity contribution in [1.29, 1.82) is 0 Å². The number of nitrogens with two attached hydrogens (primary N) is 2. The molecule has 0 bridgehead atoms. The van der Waals surface area contributed by atoms with Crippen LogP contribution in [0.15, 0.2) is 54.6 Å². The first kappa shape index (κ1) is 21.6. The number of carbonyl (C=O) groups is 2. The van der Waals surface area contributed by atoms with Crippen molar-refractivity contribution >= 4 is 11.9 Å². The second-order valence-electron chi connectivity index (χ2n) is 8.58. The Morgan fingerprint density at radius 1 is 0.929 bits per heavy atom. The van der Waals surface area contributed by atoms with Gasteiger partial charge in [0.15, 0.2) is 6.04 Å². The first-order valence-electron chi connectivity index (χ1n) is 9.70. The topological polar surface area (TPSA) is 88.8 Å². The summed E-state index contributed by atoms with van der Waals surface area (Å²) in [4.78, 5) is 23.9. The van der Waals surface area contributed by atoms with Crippen molar-refractivity contribution in [2.75, 3.05) is 0 Å². The lowest BCUT2D eigenvalue weighted by Gasteiger charge is -2.26. The van der Waals surface area contributed by atoms with Gasteiger partial charge in [-0.25, -0.2) is 4.79 Å². The van der Waals surface area contributed by atoms with Crippen LogP contribution in [0.2, 0.25) is 0 Å². The van der Waals surface area contributed by atoms with Crippen LogP contribution in [0, 0.1) is 5.92 Å². The van der Waals surface area contributed by atoms with Gasteiger partial charge in [-0.1, -0.05) is 89.2 Å². The molecule has 2 aromatic carbocycles. The summed E-state index contributed by atoms with van der Waals surface area (Å²) in [5, 5.41) is 4.25. The lowest BCUT2D eigenvalue weighted by atomic mass is 9.85. The summed E-state index contributed by atoms with van der Waals surface area (Å²) in [7, 11) is 0. The van der Waals surface area contributed by atoms with Gasteiger partial charge < -0.3 is 11.1 Å². The molecule has 2 atom stereocenters. The number of imide groups is 1. The molecule has 0 aliphatic carbocycles. The molecule has 2 aromatic rings. The van der Waals surface area contributed by atoms with Gasteiger partial charge in [0, 0.05) is 17.0 Å². The molecule has 0 fully saturated rings. The molecule has 0 spiro atoms. The van der Waals surface area contributed by atoms with Crippen molar-refractivity contribution in [3.63, 3.8) is 0 Å². The molecule has 5 N–H and O–H groups in total. The molecule has 0 saturated heterocycles. The monoisotopic (exact) mass is 382 g/mol. The third kappa shape index (κ3) is 5.67. The van der Waals surface area contributed by atoms with E-state index in [4.69, 9.17) is 5.73 Å². The van der Waals surface area contributed by atoms with Gasteiger partial charge in [-0.05, 0) is 11.0 Å². The van der Waals surface area contributed by atoms with Crippen molar-refractivity contribution in [3.05, 3.63) is 71.3 Å². The molecule has 0 aromatic heterocycles. The SMILES string of the molecule is CC(C)[C@H]([NH2+][C@H](C(=O)NC(N)=O)c1ccccc1)c1ccc(C(C)(C)C)cc1. The molecule has 5 heteroatoms. The van der Waals surface area contributed by atoms with Gasteiger partial charge in [0.1, 0.15) is 6.04 Å². The first-order chi connectivity index (χ1) is 13.1. The second-order valence-corrected chi connectivity index (χ2v) is 8.58. The molecule has 28 heavy (non-hydrogen) atoms. The summed E-state index contributed by atoms with van der Waals surface area (Å²) in [5.41, 5.74) is 8.52. The minimum absolute atomic E-state index is 0.0536. The molecule has 0 aliphatic heterocycles. The molecule has 2 rings (SSSR count). The maximum Gasteiger partial charge on any atom is 0.319 e. The highest BCUT2D eigenvalue weighted by molar-refractivity contribution is 5.96. The molecule has 0 aliphatic rings. The zero-order chi connectivity index (χ0) is 20.9. The minimum atomic E-state index is -0.838. The van der Waals surface area contributed by atoms with Crippen LogP contribution in [0.4, 0.5) is 4.79 Å². The van der Waals surface area contributed by atoms with E-state index in [-0.39, 0.29) is 17.4 Å². The van der Waals surface area contributed by atoms with E-state index >= 15 is 0 Å². The Morgan fingerprint density at radius 3 is 1.96 bits per heavy atom. The highest BCUT2D eigenvalue weighted by Gasteiger charge is 2.31. The third-order valence-corrected chi connectivity index (χ3v) is 4.97. The first-order valence-corrected chi connectivity index (χ1v) is 9.70. The van der Waals surface area contributed by atoms with Crippen molar-refractivity contribution < 1.29 is 14.9 Å². The maximum absolute atomic E-state index is 12.7. The molecular formula is C23H32N3O2+. The lowest BCUT2D eigenvalue weighted by molar-refractivity contribution is -0.728. The standard InChI is InChI=1S/C23H31N3O2/c1-15(2)19(17-11-13-18(14-12-17)23(3,4)5)25-20(21(27)26-22(24)28)16-9-7-6-8-10-16/h6-15,19-20,25H,1-5H3,(H3,24,26,27,28)/p+1/t19-,20-/m0/s1. The van der Waals surface area contributed by atoms with Crippen LogP contribution in [0.1, 0.15) is 63.4 Å². The van der Waals surface area contributed by atoms with Gasteiger partial charge >= 0.3 is 6.03 Å². The van der Waals surface area contributed by atoms with E-state index in [9.17, 15) is 9.59 Å². The number of hydrogen-bond acceptors (Lipinski definition) is 2. The van der Waals surface area contributed by atoms with Gasteiger partial charge in [0.05, 0.1) is 0 Å². The molecule has 0 unspecified atom stereocenters. The summed E-state index contributed by atoms with van der Waals surface area (Å²) in [6.07, 6.45) is 0. The zero-order valence-electron chi connectivity index (χ0n) is 17.4. The van der Waals surface area contributed by atoms with E-state index < -0.39 is 18.0 Å². The van der Waals surface area contributed by atoms with Crippen molar-refractivity contribution in [2.45, 2.75) is 52.1 Å². The fourth-order valence-electron chi connectivity index (χ4n) is 3.34. The fourth-order valence-corrected chi connectivity index (χ4v) is 3.34. The number of benzene rings is 2. The summed E-state index contributed by atoms with van der Waals surface area (Å²) in [5.74, 6) is -0.122. The van der Waals surface area contributed by atoms with E-state index in [0.29, 0.717) is 0 Å². The number of rotatable bonds is 6. The highest BCUT2D eigenvalue weighted by Crippen LogP contribution is 2.26. The van der Waals surface area contributed by atoms with E-state index in [0.717, 1.165) is 11.1 Å². The molecule has 0 saturated carbocycles. The largest absolute Gasteiger partial charge is 0.351 e. The van der Waals surface area contributed by atoms with Crippen LogP contribution in [-0.2, 0) is 10.2 Å². The summed E-state index contributed by atoms with van der Waals surface area (Å²) in [6.45, 7) is 10.8. The summed E-state index contributed by atoms with van der Waals surface area (Å²) < 4.78 is 0. The van der Waals surface area contributed by atoms with E-state index in [1.54, 1.807) is 0 Å².